The molecular formula is C12H20N2O3S3. The number of rotatable bonds is 8. The van der Waals surface area contributed by atoms with E-state index in [9.17, 15) is 0 Å². The summed E-state index contributed by atoms with van der Waals surface area (Å²) >= 11 is 7.28. The van der Waals surface area contributed by atoms with Gasteiger partial charge >= 0.3 is 0 Å². The van der Waals surface area contributed by atoms with Crippen molar-refractivity contribution in [2.75, 3.05) is 40.0 Å². The molecule has 0 aliphatic carbocycles. The number of thiophene rings is 1. The quantitative estimate of drug-likeness (QED) is 0.382. The first-order valence-corrected chi connectivity index (χ1v) is 8.54. The van der Waals surface area contributed by atoms with Crippen molar-refractivity contribution in [1.82, 2.24) is 5.32 Å². The first-order valence-electron chi connectivity index (χ1n) is 6.39. The molecule has 114 valence electrons. The van der Waals surface area contributed by atoms with Crippen molar-refractivity contribution in [3.63, 3.8) is 0 Å². The summed E-state index contributed by atoms with van der Waals surface area (Å²) in [5.41, 5.74) is 0.954. The predicted molar refractivity (Wildman–Crippen MR) is 84.6 cm³/mol. The molecule has 20 heavy (non-hydrogen) atoms. The fraction of sp³-hybridized carbons (Fsp3) is 0.667. The lowest BCUT2D eigenvalue weighted by Gasteiger charge is -2.27. The molecule has 1 aliphatic rings. The molecule has 0 atom stereocenters. The van der Waals surface area contributed by atoms with Crippen molar-refractivity contribution in [3.8, 4) is 0 Å². The second kappa shape index (κ2) is 8.00. The van der Waals surface area contributed by atoms with Crippen LogP contribution in [-0.2, 0) is 20.0 Å². The highest BCUT2D eigenvalue weighted by molar-refractivity contribution is 7.99. The molecule has 3 N–H and O–H groups in total. The lowest BCUT2D eigenvalue weighted by molar-refractivity contribution is -0.163. The number of nitrogens with two attached hydrogens (primary N) is 1. The van der Waals surface area contributed by atoms with Crippen molar-refractivity contribution in [2.45, 2.75) is 20.6 Å². The van der Waals surface area contributed by atoms with Gasteiger partial charge in [-0.15, -0.1) is 24.0 Å². The second-order valence-electron chi connectivity index (χ2n) is 4.38. The SMILES string of the molecule is COCCCNCC1(c2cc(SN)sc2S)OCCO1. The van der Waals surface area contributed by atoms with Crippen LogP contribution in [0.3, 0.4) is 0 Å². The average Bonchev–Trinajstić information content (AvgIpc) is 3.06. The monoisotopic (exact) mass is 336 g/mol. The van der Waals surface area contributed by atoms with Crippen molar-refractivity contribution >= 4 is 35.9 Å². The third-order valence-electron chi connectivity index (χ3n) is 3.03. The van der Waals surface area contributed by atoms with Gasteiger partial charge in [0.05, 0.1) is 28.2 Å². The highest BCUT2D eigenvalue weighted by Gasteiger charge is 2.40. The molecule has 0 bridgehead atoms. The van der Waals surface area contributed by atoms with Gasteiger partial charge in [0.15, 0.2) is 0 Å². The Balaban J connectivity index is 2.03. The van der Waals surface area contributed by atoms with E-state index < -0.39 is 5.79 Å². The van der Waals surface area contributed by atoms with Gasteiger partial charge in [0.2, 0.25) is 5.79 Å². The molecule has 1 fully saturated rings. The van der Waals surface area contributed by atoms with E-state index in [1.165, 1.54) is 11.9 Å². The molecule has 2 rings (SSSR count). The van der Waals surface area contributed by atoms with E-state index in [2.05, 4.69) is 17.9 Å². The molecule has 1 aromatic rings. The van der Waals surface area contributed by atoms with Gasteiger partial charge in [-0.2, -0.15) is 0 Å². The van der Waals surface area contributed by atoms with E-state index in [0.29, 0.717) is 19.8 Å². The highest BCUT2D eigenvalue weighted by atomic mass is 32.2. The molecule has 1 aliphatic heterocycles. The fourth-order valence-electron chi connectivity index (χ4n) is 2.09. The van der Waals surface area contributed by atoms with E-state index in [1.807, 2.05) is 6.07 Å². The standard InChI is InChI=1S/C12H20N2O3S3/c1-15-4-2-3-14-8-12(16-5-6-17-12)9-7-10(20-13)19-11(9)18/h7,14,18H,2-6,8,13H2,1H3. The summed E-state index contributed by atoms with van der Waals surface area (Å²) in [6.45, 7) is 3.37. The maximum absolute atomic E-state index is 5.86. The van der Waals surface area contributed by atoms with Crippen LogP contribution in [0.15, 0.2) is 14.5 Å². The summed E-state index contributed by atoms with van der Waals surface area (Å²) < 4.78 is 18.6. The number of ether oxygens (including phenoxy) is 3. The normalized spacial score (nSPS) is 17.8. The lowest BCUT2D eigenvalue weighted by atomic mass is 10.1. The predicted octanol–water partition coefficient (Wildman–Crippen LogP) is 1.83. The summed E-state index contributed by atoms with van der Waals surface area (Å²) in [7, 11) is 1.70. The average molecular weight is 337 g/mol. The molecule has 0 radical (unpaired) electrons. The minimum Gasteiger partial charge on any atom is -0.385 e. The maximum atomic E-state index is 5.86. The van der Waals surface area contributed by atoms with Crippen LogP contribution in [0.5, 0.6) is 0 Å². The number of nitrogens with one attached hydrogen (secondary N) is 1. The molecule has 2 heterocycles. The Kier molecular flexibility index (Phi) is 6.63. The number of thiol groups is 1. The number of hydrogen-bond acceptors (Lipinski definition) is 8. The van der Waals surface area contributed by atoms with Crippen LogP contribution in [0.2, 0.25) is 0 Å². The van der Waals surface area contributed by atoms with E-state index >= 15 is 0 Å². The van der Waals surface area contributed by atoms with E-state index in [-0.39, 0.29) is 0 Å². The smallest absolute Gasteiger partial charge is 0.209 e. The summed E-state index contributed by atoms with van der Waals surface area (Å²) in [6, 6.07) is 2.00. The zero-order chi connectivity index (χ0) is 14.4. The number of methoxy groups -OCH3 is 1. The fourth-order valence-corrected chi connectivity index (χ4v) is 4.13. The minimum atomic E-state index is -0.741. The maximum Gasteiger partial charge on any atom is 0.209 e. The molecule has 0 unspecified atom stereocenters. The van der Waals surface area contributed by atoms with Crippen molar-refractivity contribution in [3.05, 3.63) is 11.6 Å². The highest BCUT2D eigenvalue weighted by Crippen LogP contribution is 2.41. The zero-order valence-corrected chi connectivity index (χ0v) is 13.9. The van der Waals surface area contributed by atoms with Crippen LogP contribution in [0, 0.1) is 0 Å². The molecule has 0 amide bonds. The van der Waals surface area contributed by atoms with Crippen LogP contribution in [0.1, 0.15) is 12.0 Å². The molecule has 0 aromatic carbocycles. The summed E-state index contributed by atoms with van der Waals surface area (Å²) in [5, 5.41) is 8.97. The molecule has 1 saturated heterocycles. The number of hydrogen-bond donors (Lipinski definition) is 3. The first kappa shape index (κ1) is 16.6. The Hall–Kier alpha value is 0.200. The van der Waals surface area contributed by atoms with Crippen LogP contribution in [-0.4, -0.2) is 40.0 Å². The Morgan fingerprint density at radius 3 is 2.90 bits per heavy atom. The van der Waals surface area contributed by atoms with Gasteiger partial charge in [-0.25, -0.2) is 0 Å². The first-order chi connectivity index (χ1) is 9.72. The second-order valence-corrected chi connectivity index (χ2v) is 7.11. The molecule has 5 nitrogen and oxygen atoms in total. The third-order valence-corrected chi connectivity index (χ3v) is 5.17. The molecule has 1 aromatic heterocycles. The summed E-state index contributed by atoms with van der Waals surface area (Å²) in [5.74, 6) is -0.741. The van der Waals surface area contributed by atoms with Gasteiger partial charge in [-0.1, -0.05) is 0 Å². The Morgan fingerprint density at radius 2 is 2.30 bits per heavy atom. The van der Waals surface area contributed by atoms with Gasteiger partial charge < -0.3 is 19.5 Å². The van der Waals surface area contributed by atoms with Crippen molar-refractivity contribution in [2.24, 2.45) is 5.14 Å². The van der Waals surface area contributed by atoms with Crippen LogP contribution < -0.4 is 10.5 Å². The molecular weight excluding hydrogens is 316 g/mol. The Bertz CT molecular complexity index is 422. The summed E-state index contributed by atoms with van der Waals surface area (Å²) in [6.07, 6.45) is 0.952. The van der Waals surface area contributed by atoms with Crippen molar-refractivity contribution < 1.29 is 14.2 Å². The molecule has 8 heteroatoms. The van der Waals surface area contributed by atoms with Gasteiger partial charge in [0.1, 0.15) is 0 Å². The topological polar surface area (TPSA) is 65.7 Å². The minimum absolute atomic E-state index is 0.591. The van der Waals surface area contributed by atoms with Gasteiger partial charge in [-0.3, -0.25) is 5.14 Å². The van der Waals surface area contributed by atoms with E-state index in [0.717, 1.165) is 33.6 Å². The van der Waals surface area contributed by atoms with Crippen LogP contribution in [0.4, 0.5) is 0 Å². The zero-order valence-electron chi connectivity index (χ0n) is 11.4. The van der Waals surface area contributed by atoms with Gasteiger partial charge in [0, 0.05) is 19.3 Å². The molecule has 0 saturated carbocycles. The van der Waals surface area contributed by atoms with Crippen LogP contribution in [0.25, 0.3) is 0 Å². The van der Waals surface area contributed by atoms with Gasteiger partial charge in [0.25, 0.3) is 0 Å². The van der Waals surface area contributed by atoms with Crippen LogP contribution >= 0.6 is 35.9 Å². The molecule has 0 spiro atoms. The van der Waals surface area contributed by atoms with E-state index in [4.69, 9.17) is 19.3 Å². The largest absolute Gasteiger partial charge is 0.385 e. The van der Waals surface area contributed by atoms with Crippen molar-refractivity contribution in [1.29, 1.82) is 0 Å². The lowest BCUT2D eigenvalue weighted by Crippen LogP contribution is -2.39. The van der Waals surface area contributed by atoms with Gasteiger partial charge in [-0.05, 0) is 31.0 Å². The third kappa shape index (κ3) is 3.89. The summed E-state index contributed by atoms with van der Waals surface area (Å²) in [4.78, 5) is 0. The Morgan fingerprint density at radius 1 is 1.55 bits per heavy atom. The Labute approximate surface area is 133 Å². The van der Waals surface area contributed by atoms with E-state index in [1.54, 1.807) is 18.4 Å².